The summed E-state index contributed by atoms with van der Waals surface area (Å²) in [5.74, 6) is -0.728. The van der Waals surface area contributed by atoms with E-state index in [1.807, 2.05) is 60.7 Å². The third-order valence-electron chi connectivity index (χ3n) is 5.98. The molecule has 35 heavy (non-hydrogen) atoms. The van der Waals surface area contributed by atoms with Crippen molar-refractivity contribution in [3.05, 3.63) is 102 Å². The van der Waals surface area contributed by atoms with E-state index in [4.69, 9.17) is 9.16 Å². The van der Waals surface area contributed by atoms with E-state index in [1.165, 1.54) is 19.2 Å². The first-order chi connectivity index (χ1) is 16.4. The molecule has 7 heteroatoms. The van der Waals surface area contributed by atoms with Gasteiger partial charge >= 0.3 is 12.1 Å². The number of ether oxygens (including phenoxy) is 1. The molecule has 0 unspecified atom stereocenters. The van der Waals surface area contributed by atoms with Crippen LogP contribution in [0.25, 0.3) is 5.57 Å². The summed E-state index contributed by atoms with van der Waals surface area (Å²) in [6.07, 6.45) is -4.63. The maximum atomic E-state index is 13.4. The molecule has 0 saturated carbocycles. The summed E-state index contributed by atoms with van der Waals surface area (Å²) in [5, 5.41) is 1.78. The van der Waals surface area contributed by atoms with Gasteiger partial charge in [0.15, 0.2) is 0 Å². The molecule has 0 radical (unpaired) electrons. The third kappa shape index (κ3) is 5.57. The van der Waals surface area contributed by atoms with Gasteiger partial charge in [0.1, 0.15) is 0 Å². The van der Waals surface area contributed by atoms with E-state index in [0.717, 1.165) is 16.4 Å². The van der Waals surface area contributed by atoms with E-state index in [-0.39, 0.29) is 22.8 Å². The van der Waals surface area contributed by atoms with Crippen LogP contribution in [-0.2, 0) is 15.8 Å². The van der Waals surface area contributed by atoms with Gasteiger partial charge in [-0.05, 0) is 44.7 Å². The minimum atomic E-state index is -4.63. The summed E-state index contributed by atoms with van der Waals surface area (Å²) in [7, 11) is -1.74. The lowest BCUT2D eigenvalue weighted by Gasteiger charge is -2.43. The zero-order valence-electron chi connectivity index (χ0n) is 20.3. The predicted molar refractivity (Wildman–Crippen MR) is 135 cm³/mol. The number of benzene rings is 3. The van der Waals surface area contributed by atoms with Crippen LogP contribution in [0.4, 0.5) is 13.2 Å². The average Bonchev–Trinajstić information content (AvgIpc) is 2.83. The number of methoxy groups -OCH3 is 1. The molecule has 3 nitrogen and oxygen atoms in total. The highest BCUT2D eigenvalue weighted by atomic mass is 28.4. The predicted octanol–water partition coefficient (Wildman–Crippen LogP) is 6.13. The second-order valence-electron chi connectivity index (χ2n) is 9.34. The normalized spacial score (nSPS) is 12.3. The van der Waals surface area contributed by atoms with E-state index >= 15 is 0 Å². The van der Waals surface area contributed by atoms with E-state index in [9.17, 15) is 18.0 Å². The molecule has 3 rings (SSSR count). The van der Waals surface area contributed by atoms with Gasteiger partial charge in [-0.3, -0.25) is 0 Å². The molecule has 0 aromatic heterocycles. The lowest BCUT2D eigenvalue weighted by atomic mass is 10.0. The first kappa shape index (κ1) is 26.4. The number of alkyl halides is 3. The topological polar surface area (TPSA) is 35.5 Å². The van der Waals surface area contributed by atoms with E-state index in [1.54, 1.807) is 0 Å². The summed E-state index contributed by atoms with van der Waals surface area (Å²) >= 11 is 0. The van der Waals surface area contributed by atoms with Crippen molar-refractivity contribution in [3.63, 3.8) is 0 Å². The highest BCUT2D eigenvalue weighted by Crippen LogP contribution is 2.38. The van der Waals surface area contributed by atoms with Gasteiger partial charge in [-0.15, -0.1) is 0 Å². The smallest absolute Gasteiger partial charge is 0.416 e. The van der Waals surface area contributed by atoms with Crippen molar-refractivity contribution in [1.82, 2.24) is 0 Å². The van der Waals surface area contributed by atoms with Gasteiger partial charge in [-0.2, -0.15) is 13.2 Å². The molecule has 0 saturated heterocycles. The summed E-state index contributed by atoms with van der Waals surface area (Å²) in [5.41, 5.74) is -0.783. The molecule has 0 aliphatic carbocycles. The Hall–Kier alpha value is -3.16. The Morgan fingerprint density at radius 3 is 1.77 bits per heavy atom. The second-order valence-corrected chi connectivity index (χ2v) is 13.6. The van der Waals surface area contributed by atoms with Crippen LogP contribution in [0.15, 0.2) is 85.4 Å². The molecular formula is C28H29F3O3Si. The van der Waals surface area contributed by atoms with E-state index < -0.39 is 26.0 Å². The van der Waals surface area contributed by atoms with E-state index in [0.29, 0.717) is 5.56 Å². The summed E-state index contributed by atoms with van der Waals surface area (Å²) < 4.78 is 51.8. The number of carbonyl (C=O) groups excluding carboxylic acids is 1. The Morgan fingerprint density at radius 2 is 1.34 bits per heavy atom. The van der Waals surface area contributed by atoms with Crippen LogP contribution < -0.4 is 10.4 Å². The molecule has 3 aromatic carbocycles. The minimum absolute atomic E-state index is 0.0102. The number of hydrogen-bond acceptors (Lipinski definition) is 3. The van der Waals surface area contributed by atoms with E-state index in [2.05, 4.69) is 27.4 Å². The standard InChI is InChI=1S/C28H29F3O3Si/c1-20(28(29,30)31)22-16-21(17-23(18-22)26(32)33-5)19-34-35(27(2,3)4,24-12-8-6-9-13-24)25-14-10-7-11-15-25/h6-18H,1,19H2,2-5H3. The van der Waals surface area contributed by atoms with Gasteiger partial charge in [-0.25, -0.2) is 4.79 Å². The molecule has 0 amide bonds. The fraction of sp³-hybridized carbons (Fsp3) is 0.250. The van der Waals surface area contributed by atoms with Crippen LogP contribution >= 0.6 is 0 Å². The largest absolute Gasteiger partial charge is 0.465 e. The first-order valence-electron chi connectivity index (χ1n) is 11.1. The fourth-order valence-corrected chi connectivity index (χ4v) is 8.84. The van der Waals surface area contributed by atoms with Gasteiger partial charge in [0.25, 0.3) is 8.32 Å². The molecule has 3 aromatic rings. The van der Waals surface area contributed by atoms with Crippen molar-refractivity contribution in [1.29, 1.82) is 0 Å². The van der Waals surface area contributed by atoms with Gasteiger partial charge in [0, 0.05) is 0 Å². The molecule has 0 aliphatic rings. The summed E-state index contributed by atoms with van der Waals surface area (Å²) in [6.45, 7) is 9.54. The Morgan fingerprint density at radius 1 is 0.857 bits per heavy atom. The number of hydrogen-bond donors (Lipinski definition) is 0. The van der Waals surface area contributed by atoms with Crippen LogP contribution in [-0.4, -0.2) is 27.6 Å². The number of carbonyl (C=O) groups is 1. The van der Waals surface area contributed by atoms with Crippen molar-refractivity contribution in [2.75, 3.05) is 7.11 Å². The Balaban J connectivity index is 2.14. The molecule has 0 spiro atoms. The summed E-state index contributed by atoms with van der Waals surface area (Å²) in [4.78, 5) is 12.2. The number of allylic oxidation sites excluding steroid dienone is 1. The molecule has 0 fully saturated rings. The van der Waals surface area contributed by atoms with Crippen LogP contribution in [0.1, 0.15) is 42.3 Å². The zero-order chi connectivity index (χ0) is 25.9. The molecular weight excluding hydrogens is 469 g/mol. The molecule has 0 bridgehead atoms. The summed E-state index contributed by atoms with van der Waals surface area (Å²) in [6, 6.07) is 23.9. The maximum Gasteiger partial charge on any atom is 0.416 e. The quantitative estimate of drug-likeness (QED) is 0.291. The van der Waals surface area contributed by atoms with Crippen molar-refractivity contribution >= 4 is 30.2 Å². The Kier molecular flexibility index (Phi) is 7.72. The lowest BCUT2D eigenvalue weighted by molar-refractivity contribution is -0.0686. The lowest BCUT2D eigenvalue weighted by Crippen LogP contribution is -2.66. The van der Waals surface area contributed by atoms with Gasteiger partial charge < -0.3 is 9.16 Å². The molecule has 0 heterocycles. The van der Waals surface area contributed by atoms with Gasteiger partial charge in [-0.1, -0.05) is 88.0 Å². The SMILES string of the molecule is C=C(c1cc(CO[Si](c2ccccc2)(c2ccccc2)C(C)(C)C)cc(C(=O)OC)c1)C(F)(F)F. The average molecular weight is 499 g/mol. The van der Waals surface area contributed by atoms with Crippen molar-refractivity contribution in [2.45, 2.75) is 38.6 Å². The third-order valence-corrected chi connectivity index (χ3v) is 11.0. The van der Waals surface area contributed by atoms with Gasteiger partial charge in [0.05, 0.1) is 24.9 Å². The number of rotatable bonds is 7. The molecule has 184 valence electrons. The molecule has 0 atom stereocenters. The Labute approximate surface area is 205 Å². The monoisotopic (exact) mass is 498 g/mol. The number of halogens is 3. The highest BCUT2D eigenvalue weighted by molar-refractivity contribution is 6.99. The van der Waals surface area contributed by atoms with Gasteiger partial charge in [0.2, 0.25) is 0 Å². The zero-order valence-corrected chi connectivity index (χ0v) is 21.3. The molecule has 0 N–H and O–H groups in total. The van der Waals surface area contributed by atoms with Crippen LogP contribution in [0.5, 0.6) is 0 Å². The van der Waals surface area contributed by atoms with Crippen LogP contribution in [0.2, 0.25) is 5.04 Å². The van der Waals surface area contributed by atoms with Crippen LogP contribution in [0.3, 0.4) is 0 Å². The Bertz CT molecular complexity index is 1140. The van der Waals surface area contributed by atoms with Crippen molar-refractivity contribution in [3.8, 4) is 0 Å². The van der Waals surface area contributed by atoms with Crippen molar-refractivity contribution < 1.29 is 27.1 Å². The number of esters is 1. The maximum absolute atomic E-state index is 13.4. The minimum Gasteiger partial charge on any atom is -0.465 e. The van der Waals surface area contributed by atoms with Crippen LogP contribution in [0, 0.1) is 0 Å². The van der Waals surface area contributed by atoms with Crippen molar-refractivity contribution in [2.24, 2.45) is 0 Å². The fourth-order valence-electron chi connectivity index (χ4n) is 4.30. The second kappa shape index (κ2) is 10.2. The highest BCUT2D eigenvalue weighted by Gasteiger charge is 2.50. The first-order valence-corrected chi connectivity index (χ1v) is 13.0. The molecule has 0 aliphatic heterocycles.